The van der Waals surface area contributed by atoms with Crippen LogP contribution in [-0.2, 0) is 9.53 Å². The highest BCUT2D eigenvalue weighted by Crippen LogP contribution is 2.32. The number of hydrogen-bond donors (Lipinski definition) is 0. The zero-order chi connectivity index (χ0) is 15.6. The van der Waals surface area contributed by atoms with Gasteiger partial charge in [-0.25, -0.2) is 4.79 Å². The number of hydrogen-bond acceptors (Lipinski definition) is 3. The van der Waals surface area contributed by atoms with E-state index >= 15 is 0 Å². The van der Waals surface area contributed by atoms with Gasteiger partial charge in [0.25, 0.3) is 0 Å². The molecule has 0 spiro atoms. The van der Waals surface area contributed by atoms with Gasteiger partial charge >= 0.3 is 6.09 Å². The topological polar surface area (TPSA) is 46.6 Å². The Morgan fingerprint density at radius 2 is 1.62 bits per heavy atom. The van der Waals surface area contributed by atoms with Crippen LogP contribution in [0.5, 0.6) is 0 Å². The molecule has 1 atom stereocenters. The Kier molecular flexibility index (Phi) is 4.95. The van der Waals surface area contributed by atoms with Crippen LogP contribution < -0.4 is 0 Å². The van der Waals surface area contributed by atoms with E-state index in [1.54, 1.807) is 4.90 Å². The molecule has 1 aliphatic carbocycles. The molecule has 4 heteroatoms. The van der Waals surface area contributed by atoms with E-state index in [1.165, 1.54) is 12.8 Å². The van der Waals surface area contributed by atoms with Crippen LogP contribution in [-0.4, -0.2) is 35.5 Å². The van der Waals surface area contributed by atoms with Crippen LogP contribution in [0.3, 0.4) is 0 Å². The summed E-state index contributed by atoms with van der Waals surface area (Å²) in [5, 5.41) is 0. The van der Waals surface area contributed by atoms with E-state index in [-0.39, 0.29) is 17.9 Å². The molecule has 2 fully saturated rings. The molecular formula is C17H29NO3. The third kappa shape index (κ3) is 4.45. The highest BCUT2D eigenvalue weighted by atomic mass is 16.6. The second-order valence-corrected chi connectivity index (χ2v) is 7.77. The molecule has 0 radical (unpaired) electrons. The maximum absolute atomic E-state index is 12.6. The zero-order valence-corrected chi connectivity index (χ0v) is 13.9. The largest absolute Gasteiger partial charge is 0.444 e. The first-order chi connectivity index (χ1) is 9.76. The summed E-state index contributed by atoms with van der Waals surface area (Å²) < 4.78 is 5.38. The Bertz CT molecular complexity index is 391. The third-order valence-corrected chi connectivity index (χ3v) is 4.66. The fourth-order valence-corrected chi connectivity index (χ4v) is 3.36. The van der Waals surface area contributed by atoms with E-state index in [0.717, 1.165) is 25.2 Å². The molecular weight excluding hydrogens is 266 g/mol. The molecule has 0 bridgehead atoms. The number of nitrogens with zero attached hydrogens (tertiary/aromatic N) is 1. The monoisotopic (exact) mass is 295 g/mol. The molecule has 1 heterocycles. The first kappa shape index (κ1) is 16.3. The van der Waals surface area contributed by atoms with Crippen molar-refractivity contribution >= 4 is 11.9 Å². The molecule has 0 aromatic carbocycles. The number of rotatable bonds is 2. The van der Waals surface area contributed by atoms with Crippen molar-refractivity contribution < 1.29 is 14.3 Å². The molecule has 4 nitrogen and oxygen atoms in total. The van der Waals surface area contributed by atoms with E-state index in [2.05, 4.69) is 6.92 Å². The average Bonchev–Trinajstić information content (AvgIpc) is 2.86. The van der Waals surface area contributed by atoms with E-state index in [9.17, 15) is 9.59 Å². The van der Waals surface area contributed by atoms with Crippen molar-refractivity contribution in [2.75, 3.05) is 13.1 Å². The normalized spacial score (nSPS) is 30.3. The van der Waals surface area contributed by atoms with E-state index in [0.29, 0.717) is 18.9 Å². The molecule has 120 valence electrons. The third-order valence-electron chi connectivity index (χ3n) is 4.66. The van der Waals surface area contributed by atoms with E-state index < -0.39 is 5.60 Å². The predicted molar refractivity (Wildman–Crippen MR) is 82.0 cm³/mol. The summed E-state index contributed by atoms with van der Waals surface area (Å²) in [6.45, 7) is 9.06. The Morgan fingerprint density at radius 1 is 1.00 bits per heavy atom. The first-order valence-corrected chi connectivity index (χ1v) is 8.28. The number of Topliss-reactive ketones (excluding diaryl/α,β-unsaturated/α-hetero) is 1. The summed E-state index contributed by atoms with van der Waals surface area (Å²) in [5.74, 6) is 1.39. The van der Waals surface area contributed by atoms with E-state index in [1.807, 2.05) is 20.8 Å². The second kappa shape index (κ2) is 6.37. The lowest BCUT2D eigenvalue weighted by atomic mass is 9.78. The Morgan fingerprint density at radius 3 is 2.19 bits per heavy atom. The minimum atomic E-state index is -0.474. The summed E-state index contributed by atoms with van der Waals surface area (Å²) in [6.07, 6.45) is 4.91. The molecule has 1 unspecified atom stereocenters. The van der Waals surface area contributed by atoms with Crippen LogP contribution >= 0.6 is 0 Å². The molecule has 0 aromatic heterocycles. The van der Waals surface area contributed by atoms with Crippen molar-refractivity contribution in [3.63, 3.8) is 0 Å². The number of likely N-dealkylation sites (tertiary alicyclic amines) is 1. The van der Waals surface area contributed by atoms with Gasteiger partial charge < -0.3 is 9.64 Å². The molecule has 1 amide bonds. The van der Waals surface area contributed by atoms with Gasteiger partial charge in [-0.3, -0.25) is 4.79 Å². The van der Waals surface area contributed by atoms with Crippen molar-refractivity contribution in [1.29, 1.82) is 0 Å². The van der Waals surface area contributed by atoms with Crippen molar-refractivity contribution in [3.8, 4) is 0 Å². The van der Waals surface area contributed by atoms with Gasteiger partial charge in [0, 0.05) is 24.9 Å². The summed E-state index contributed by atoms with van der Waals surface area (Å²) in [7, 11) is 0. The van der Waals surface area contributed by atoms with Crippen molar-refractivity contribution in [2.24, 2.45) is 17.8 Å². The Balaban J connectivity index is 1.84. The maximum atomic E-state index is 12.6. The van der Waals surface area contributed by atoms with Crippen LogP contribution in [0.25, 0.3) is 0 Å². The maximum Gasteiger partial charge on any atom is 0.410 e. The molecule has 21 heavy (non-hydrogen) atoms. The lowest BCUT2D eigenvalue weighted by Crippen LogP contribution is -2.36. The van der Waals surface area contributed by atoms with Crippen LogP contribution in [0.15, 0.2) is 0 Å². The number of ketones is 1. The van der Waals surface area contributed by atoms with Crippen molar-refractivity contribution in [2.45, 2.75) is 65.4 Å². The SMILES string of the molecule is CC1CCC(C(=O)C2CCN(C(=O)OC(C)(C)C)C2)CC1. The van der Waals surface area contributed by atoms with Gasteiger partial charge in [-0.05, 0) is 46.0 Å². The highest BCUT2D eigenvalue weighted by molar-refractivity contribution is 5.85. The molecule has 1 saturated heterocycles. The fourth-order valence-electron chi connectivity index (χ4n) is 3.36. The zero-order valence-electron chi connectivity index (χ0n) is 13.9. The molecule has 0 N–H and O–H groups in total. The first-order valence-electron chi connectivity index (χ1n) is 8.28. The lowest BCUT2D eigenvalue weighted by molar-refractivity contribution is -0.127. The number of amides is 1. The number of ether oxygens (including phenoxy) is 1. The second-order valence-electron chi connectivity index (χ2n) is 7.77. The molecule has 2 aliphatic rings. The Labute approximate surface area is 128 Å². The fraction of sp³-hybridized carbons (Fsp3) is 0.882. The van der Waals surface area contributed by atoms with Gasteiger partial charge in [0.2, 0.25) is 0 Å². The molecule has 0 aromatic rings. The quantitative estimate of drug-likeness (QED) is 0.781. The van der Waals surface area contributed by atoms with Gasteiger partial charge in [0.05, 0.1) is 0 Å². The van der Waals surface area contributed by atoms with Crippen LogP contribution in [0.2, 0.25) is 0 Å². The molecule has 1 saturated carbocycles. The summed E-state index contributed by atoms with van der Waals surface area (Å²) in [5.41, 5.74) is -0.474. The predicted octanol–water partition coefficient (Wildman–Crippen LogP) is 3.64. The van der Waals surface area contributed by atoms with Crippen molar-refractivity contribution in [1.82, 2.24) is 4.90 Å². The van der Waals surface area contributed by atoms with Gasteiger partial charge in [-0.2, -0.15) is 0 Å². The van der Waals surface area contributed by atoms with Crippen LogP contribution in [0, 0.1) is 17.8 Å². The number of carbonyl (C=O) groups is 2. The van der Waals surface area contributed by atoms with Crippen LogP contribution in [0.1, 0.15) is 59.8 Å². The van der Waals surface area contributed by atoms with Gasteiger partial charge in [-0.1, -0.05) is 19.8 Å². The molecule has 1 aliphatic heterocycles. The highest BCUT2D eigenvalue weighted by Gasteiger charge is 2.36. The lowest BCUT2D eigenvalue weighted by Gasteiger charge is -2.27. The standard InChI is InChI=1S/C17H29NO3/c1-12-5-7-13(8-6-12)15(19)14-9-10-18(11-14)16(20)21-17(2,3)4/h12-14H,5-11H2,1-4H3. The summed E-state index contributed by atoms with van der Waals surface area (Å²) in [6, 6.07) is 0. The average molecular weight is 295 g/mol. The van der Waals surface area contributed by atoms with Crippen LogP contribution in [0.4, 0.5) is 4.79 Å². The smallest absolute Gasteiger partial charge is 0.410 e. The minimum absolute atomic E-state index is 0.0240. The van der Waals surface area contributed by atoms with Gasteiger partial charge in [-0.15, -0.1) is 0 Å². The Hall–Kier alpha value is -1.06. The summed E-state index contributed by atoms with van der Waals surface area (Å²) in [4.78, 5) is 26.3. The van der Waals surface area contributed by atoms with Gasteiger partial charge in [0.1, 0.15) is 11.4 Å². The molecule has 2 rings (SSSR count). The van der Waals surface area contributed by atoms with E-state index in [4.69, 9.17) is 4.74 Å². The summed E-state index contributed by atoms with van der Waals surface area (Å²) >= 11 is 0. The van der Waals surface area contributed by atoms with Gasteiger partial charge in [0.15, 0.2) is 0 Å². The van der Waals surface area contributed by atoms with Crippen molar-refractivity contribution in [3.05, 3.63) is 0 Å². The number of carbonyl (C=O) groups excluding carboxylic acids is 2. The minimum Gasteiger partial charge on any atom is -0.444 e.